The highest BCUT2D eigenvalue weighted by Crippen LogP contribution is 2.25. The Balaban J connectivity index is 1.71. The Morgan fingerprint density at radius 3 is 2.94 bits per heavy atom. The molecular weight excluding hydrogens is 226 g/mol. The van der Waals surface area contributed by atoms with Crippen molar-refractivity contribution in [1.29, 1.82) is 0 Å². The summed E-state index contributed by atoms with van der Waals surface area (Å²) in [6, 6.07) is 4.75. The highest BCUT2D eigenvalue weighted by molar-refractivity contribution is 5.45. The van der Waals surface area contributed by atoms with E-state index in [-0.39, 0.29) is 0 Å². The predicted octanol–water partition coefficient (Wildman–Crippen LogP) is 1.42. The number of aromatic nitrogens is 1. The van der Waals surface area contributed by atoms with Crippen molar-refractivity contribution in [2.45, 2.75) is 31.9 Å². The Bertz CT molecular complexity index is 404. The zero-order chi connectivity index (χ0) is 12.5. The number of pyridine rings is 1. The average Bonchev–Trinajstić information content (AvgIpc) is 2.86. The van der Waals surface area contributed by atoms with Gasteiger partial charge in [0.15, 0.2) is 0 Å². The molecule has 0 aliphatic carbocycles. The summed E-state index contributed by atoms with van der Waals surface area (Å²) in [5, 5.41) is 9.47. The first-order valence-corrected chi connectivity index (χ1v) is 6.87. The normalized spacial score (nSPS) is 26.1. The lowest BCUT2D eigenvalue weighted by molar-refractivity contribution is 0.194. The number of hydrogen-bond donors (Lipinski definition) is 1. The summed E-state index contributed by atoms with van der Waals surface area (Å²) in [6.45, 7) is 6.40. The van der Waals surface area contributed by atoms with Crippen LogP contribution in [0.25, 0.3) is 0 Å². The molecule has 2 aliphatic heterocycles. The van der Waals surface area contributed by atoms with Gasteiger partial charge in [-0.2, -0.15) is 0 Å². The summed E-state index contributed by atoms with van der Waals surface area (Å²) < 4.78 is 0. The Hall–Kier alpha value is -1.13. The Morgan fingerprint density at radius 1 is 1.33 bits per heavy atom. The molecular formula is C14H21N3O. The first-order chi connectivity index (χ1) is 8.74. The van der Waals surface area contributed by atoms with Gasteiger partial charge < -0.3 is 10.0 Å². The van der Waals surface area contributed by atoms with Crippen LogP contribution in [-0.4, -0.2) is 47.2 Å². The lowest BCUT2D eigenvalue weighted by Crippen LogP contribution is -2.50. The quantitative estimate of drug-likeness (QED) is 0.858. The van der Waals surface area contributed by atoms with Crippen LogP contribution in [0.2, 0.25) is 0 Å². The lowest BCUT2D eigenvalue weighted by atomic mass is 10.1. The SMILES string of the molecule is C[C@@H](O)c1ccc(N2CCN3CCCC3C2)cn1. The van der Waals surface area contributed by atoms with Gasteiger partial charge in [-0.05, 0) is 38.4 Å². The Kier molecular flexibility index (Phi) is 3.22. The lowest BCUT2D eigenvalue weighted by Gasteiger charge is -2.38. The Morgan fingerprint density at radius 2 is 2.22 bits per heavy atom. The van der Waals surface area contributed by atoms with E-state index in [0.717, 1.165) is 24.8 Å². The minimum absolute atomic E-state index is 0.481. The molecule has 4 heteroatoms. The molecule has 2 fully saturated rings. The maximum atomic E-state index is 9.47. The monoisotopic (exact) mass is 247 g/mol. The van der Waals surface area contributed by atoms with Crippen LogP contribution < -0.4 is 4.90 Å². The summed E-state index contributed by atoms with van der Waals surface area (Å²) in [6.07, 6.45) is 4.09. The molecule has 0 radical (unpaired) electrons. The van der Waals surface area contributed by atoms with E-state index in [0.29, 0.717) is 0 Å². The fraction of sp³-hybridized carbons (Fsp3) is 0.643. The van der Waals surface area contributed by atoms with Gasteiger partial charge >= 0.3 is 0 Å². The van der Waals surface area contributed by atoms with Crippen LogP contribution in [0.15, 0.2) is 18.3 Å². The Labute approximate surface area is 108 Å². The molecule has 3 heterocycles. The zero-order valence-electron chi connectivity index (χ0n) is 10.9. The highest BCUT2D eigenvalue weighted by Gasteiger charge is 2.30. The first-order valence-electron chi connectivity index (χ1n) is 6.87. The maximum Gasteiger partial charge on any atom is 0.0931 e. The molecule has 0 saturated carbocycles. The second-order valence-electron chi connectivity index (χ2n) is 5.40. The minimum Gasteiger partial charge on any atom is -0.387 e. The summed E-state index contributed by atoms with van der Waals surface area (Å²) in [5.41, 5.74) is 1.93. The number of nitrogens with zero attached hydrogens (tertiary/aromatic N) is 3. The van der Waals surface area contributed by atoms with E-state index in [1.165, 1.54) is 31.6 Å². The van der Waals surface area contributed by atoms with Gasteiger partial charge in [0.2, 0.25) is 0 Å². The van der Waals surface area contributed by atoms with Crippen LogP contribution in [0, 0.1) is 0 Å². The summed E-state index contributed by atoms with van der Waals surface area (Å²) >= 11 is 0. The van der Waals surface area contributed by atoms with E-state index < -0.39 is 6.10 Å². The van der Waals surface area contributed by atoms with E-state index in [1.54, 1.807) is 6.92 Å². The first kappa shape index (κ1) is 11.9. The standard InChI is InChI=1S/C14H21N3O/c1-11(18)14-5-4-12(9-15-14)17-8-7-16-6-2-3-13(16)10-17/h4-5,9,11,13,18H,2-3,6-8,10H2,1H3/t11-,13?/m1/s1. The molecule has 4 nitrogen and oxygen atoms in total. The minimum atomic E-state index is -0.481. The molecule has 0 spiro atoms. The fourth-order valence-electron chi connectivity index (χ4n) is 3.06. The molecule has 2 aliphatic rings. The molecule has 0 aromatic carbocycles. The third-order valence-corrected chi connectivity index (χ3v) is 4.15. The number of rotatable bonds is 2. The van der Waals surface area contributed by atoms with Gasteiger partial charge in [-0.15, -0.1) is 0 Å². The van der Waals surface area contributed by atoms with Crippen LogP contribution in [-0.2, 0) is 0 Å². The zero-order valence-corrected chi connectivity index (χ0v) is 10.9. The van der Waals surface area contributed by atoms with Crippen LogP contribution in [0.4, 0.5) is 5.69 Å². The van der Waals surface area contributed by atoms with E-state index in [9.17, 15) is 5.11 Å². The van der Waals surface area contributed by atoms with Gasteiger partial charge in [0.05, 0.1) is 23.7 Å². The van der Waals surface area contributed by atoms with Crippen LogP contribution >= 0.6 is 0 Å². The number of fused-ring (bicyclic) bond motifs is 1. The number of aliphatic hydroxyl groups is 1. The molecule has 1 aromatic heterocycles. The van der Waals surface area contributed by atoms with E-state index >= 15 is 0 Å². The van der Waals surface area contributed by atoms with Crippen LogP contribution in [0.3, 0.4) is 0 Å². The molecule has 0 bridgehead atoms. The average molecular weight is 247 g/mol. The molecule has 18 heavy (non-hydrogen) atoms. The molecule has 2 atom stereocenters. The molecule has 98 valence electrons. The van der Waals surface area contributed by atoms with Crippen molar-refractivity contribution in [1.82, 2.24) is 9.88 Å². The van der Waals surface area contributed by atoms with Gasteiger partial charge in [0.1, 0.15) is 0 Å². The molecule has 3 rings (SSSR count). The topological polar surface area (TPSA) is 39.6 Å². The number of anilines is 1. The van der Waals surface area contributed by atoms with E-state index in [1.807, 2.05) is 12.3 Å². The molecule has 0 amide bonds. The molecule has 2 saturated heterocycles. The molecule has 1 unspecified atom stereocenters. The largest absolute Gasteiger partial charge is 0.387 e. The van der Waals surface area contributed by atoms with Crippen molar-refractivity contribution < 1.29 is 5.11 Å². The van der Waals surface area contributed by atoms with E-state index in [4.69, 9.17) is 0 Å². The van der Waals surface area contributed by atoms with Gasteiger partial charge in [0, 0.05) is 25.7 Å². The second-order valence-corrected chi connectivity index (χ2v) is 5.40. The molecule has 1 N–H and O–H groups in total. The third-order valence-electron chi connectivity index (χ3n) is 4.15. The summed E-state index contributed by atoms with van der Waals surface area (Å²) in [4.78, 5) is 9.36. The summed E-state index contributed by atoms with van der Waals surface area (Å²) in [5.74, 6) is 0. The third kappa shape index (κ3) is 2.22. The van der Waals surface area contributed by atoms with Crippen molar-refractivity contribution in [2.75, 3.05) is 31.1 Å². The van der Waals surface area contributed by atoms with Gasteiger partial charge in [-0.3, -0.25) is 9.88 Å². The highest BCUT2D eigenvalue weighted by atomic mass is 16.3. The van der Waals surface area contributed by atoms with Crippen molar-refractivity contribution in [3.63, 3.8) is 0 Å². The van der Waals surface area contributed by atoms with Gasteiger partial charge in [0.25, 0.3) is 0 Å². The van der Waals surface area contributed by atoms with Crippen LogP contribution in [0.5, 0.6) is 0 Å². The maximum absolute atomic E-state index is 9.47. The van der Waals surface area contributed by atoms with Gasteiger partial charge in [-0.25, -0.2) is 0 Å². The number of hydrogen-bond acceptors (Lipinski definition) is 4. The van der Waals surface area contributed by atoms with Crippen molar-refractivity contribution in [2.24, 2.45) is 0 Å². The fourth-order valence-corrected chi connectivity index (χ4v) is 3.06. The number of aliphatic hydroxyl groups excluding tert-OH is 1. The van der Waals surface area contributed by atoms with Crippen LogP contribution in [0.1, 0.15) is 31.6 Å². The second kappa shape index (κ2) is 4.86. The van der Waals surface area contributed by atoms with Crippen molar-refractivity contribution >= 4 is 5.69 Å². The molecule has 1 aromatic rings. The summed E-state index contributed by atoms with van der Waals surface area (Å²) in [7, 11) is 0. The van der Waals surface area contributed by atoms with Crippen molar-refractivity contribution in [3.8, 4) is 0 Å². The number of piperazine rings is 1. The van der Waals surface area contributed by atoms with Gasteiger partial charge in [-0.1, -0.05) is 0 Å². The van der Waals surface area contributed by atoms with Crippen molar-refractivity contribution in [3.05, 3.63) is 24.0 Å². The predicted molar refractivity (Wildman–Crippen MR) is 71.7 cm³/mol. The van der Waals surface area contributed by atoms with E-state index in [2.05, 4.69) is 20.9 Å². The smallest absolute Gasteiger partial charge is 0.0931 e.